The summed E-state index contributed by atoms with van der Waals surface area (Å²) < 4.78 is 5.91. The maximum atomic E-state index is 5.91. The Kier molecular flexibility index (Phi) is 4.28. The second-order valence-corrected chi connectivity index (χ2v) is 6.84. The highest BCUT2D eigenvalue weighted by Gasteiger charge is 2.36. The molecule has 0 amide bonds. The summed E-state index contributed by atoms with van der Waals surface area (Å²) in [5.74, 6) is 2.06. The van der Waals surface area contributed by atoms with E-state index in [1.165, 1.54) is 35.3 Å². The van der Waals surface area contributed by atoms with E-state index in [-0.39, 0.29) is 0 Å². The second kappa shape index (κ2) is 6.56. The third-order valence-corrected chi connectivity index (χ3v) is 5.44. The van der Waals surface area contributed by atoms with Crippen LogP contribution in [0.1, 0.15) is 37.8 Å². The summed E-state index contributed by atoms with van der Waals surface area (Å²) in [6, 6.07) is 6.52. The van der Waals surface area contributed by atoms with Crippen molar-refractivity contribution in [3.8, 4) is 0 Å². The Labute approximate surface area is 144 Å². The molecule has 1 saturated heterocycles. The zero-order valence-corrected chi connectivity index (χ0v) is 14.6. The van der Waals surface area contributed by atoms with E-state index >= 15 is 0 Å². The van der Waals surface area contributed by atoms with Crippen LogP contribution in [-0.2, 0) is 11.2 Å². The van der Waals surface area contributed by atoms with Gasteiger partial charge in [-0.2, -0.15) is 0 Å². The predicted octanol–water partition coefficient (Wildman–Crippen LogP) is 4.27. The first-order chi connectivity index (χ1) is 11.8. The van der Waals surface area contributed by atoms with Crippen molar-refractivity contribution in [2.45, 2.75) is 33.1 Å². The van der Waals surface area contributed by atoms with Gasteiger partial charge in [-0.1, -0.05) is 19.1 Å². The molecule has 0 radical (unpaired) electrons. The monoisotopic (exact) mass is 322 g/mol. The molecule has 0 saturated carbocycles. The molecule has 3 heteroatoms. The minimum Gasteiger partial charge on any atom is -0.494 e. The Hall–Kier alpha value is -1.87. The Bertz CT molecular complexity index is 723. The van der Waals surface area contributed by atoms with Gasteiger partial charge in [-0.3, -0.25) is 4.99 Å². The van der Waals surface area contributed by atoms with Gasteiger partial charge in [0.25, 0.3) is 0 Å². The molecule has 0 spiro atoms. The first-order valence-electron chi connectivity index (χ1n) is 9.30. The number of fused-ring (bicyclic) bond motifs is 3. The Morgan fingerprint density at radius 3 is 2.79 bits per heavy atom. The first-order valence-corrected chi connectivity index (χ1v) is 9.30. The lowest BCUT2D eigenvalue weighted by Crippen LogP contribution is -2.35. The van der Waals surface area contributed by atoms with Gasteiger partial charge in [0, 0.05) is 17.1 Å². The van der Waals surface area contributed by atoms with Crippen LogP contribution in [0.5, 0.6) is 0 Å². The van der Waals surface area contributed by atoms with Crippen molar-refractivity contribution < 1.29 is 4.74 Å². The standard InChI is InChI=1S/C21H26N2O/c1-3-14-6-5-7-19-20(14)18-13-16(24-4-2)12-17(21(18)23-19)15-8-10-22-11-9-15/h5-7,12-13,15,17,22H,3-4,8-11H2,1-2H3. The van der Waals surface area contributed by atoms with Gasteiger partial charge in [-0.25, -0.2) is 0 Å². The van der Waals surface area contributed by atoms with Crippen molar-refractivity contribution in [3.05, 3.63) is 47.2 Å². The van der Waals surface area contributed by atoms with Gasteiger partial charge in [0.15, 0.2) is 0 Å². The predicted molar refractivity (Wildman–Crippen MR) is 99.7 cm³/mol. The molecule has 24 heavy (non-hydrogen) atoms. The van der Waals surface area contributed by atoms with E-state index in [1.54, 1.807) is 0 Å². The SMILES string of the molecule is CCOC1=CC(C2CCNCC2)C2=Nc3cccc(CC)c3C2=C1. The van der Waals surface area contributed by atoms with Crippen LogP contribution >= 0.6 is 0 Å². The average Bonchev–Trinajstić information content (AvgIpc) is 3.01. The highest BCUT2D eigenvalue weighted by atomic mass is 16.5. The van der Waals surface area contributed by atoms with Crippen LogP contribution in [0.25, 0.3) is 5.57 Å². The van der Waals surface area contributed by atoms with E-state index in [4.69, 9.17) is 9.73 Å². The maximum Gasteiger partial charge on any atom is 0.116 e. The van der Waals surface area contributed by atoms with Crippen molar-refractivity contribution in [1.82, 2.24) is 5.32 Å². The second-order valence-electron chi connectivity index (χ2n) is 6.84. The lowest BCUT2D eigenvalue weighted by atomic mass is 9.76. The van der Waals surface area contributed by atoms with Gasteiger partial charge in [0.1, 0.15) is 5.76 Å². The third kappa shape index (κ3) is 2.61. The van der Waals surface area contributed by atoms with Crippen molar-refractivity contribution in [1.29, 1.82) is 0 Å². The van der Waals surface area contributed by atoms with Gasteiger partial charge in [-0.05, 0) is 69.0 Å². The number of aryl methyl sites for hydroxylation is 1. The molecule has 1 aromatic carbocycles. The molecule has 1 unspecified atom stereocenters. The Morgan fingerprint density at radius 1 is 1.21 bits per heavy atom. The van der Waals surface area contributed by atoms with E-state index in [0.717, 1.165) is 31.0 Å². The minimum atomic E-state index is 0.380. The smallest absolute Gasteiger partial charge is 0.116 e. The molecular formula is C21H26N2O. The molecule has 2 heterocycles. The molecular weight excluding hydrogens is 296 g/mol. The zero-order valence-electron chi connectivity index (χ0n) is 14.6. The molecule has 3 nitrogen and oxygen atoms in total. The number of hydrogen-bond acceptors (Lipinski definition) is 3. The first kappa shape index (κ1) is 15.6. The van der Waals surface area contributed by atoms with Crippen molar-refractivity contribution >= 4 is 17.0 Å². The number of hydrogen-bond donors (Lipinski definition) is 1. The average molecular weight is 322 g/mol. The highest BCUT2D eigenvalue weighted by molar-refractivity contribution is 6.31. The number of rotatable bonds is 4. The van der Waals surface area contributed by atoms with E-state index < -0.39 is 0 Å². The minimum absolute atomic E-state index is 0.380. The fourth-order valence-electron chi connectivity index (χ4n) is 4.27. The molecule has 2 aliphatic heterocycles. The summed E-state index contributed by atoms with van der Waals surface area (Å²) in [4.78, 5) is 5.06. The summed E-state index contributed by atoms with van der Waals surface area (Å²) in [6.45, 7) is 7.21. The number of piperidine rings is 1. The van der Waals surface area contributed by atoms with E-state index in [1.807, 2.05) is 0 Å². The lowest BCUT2D eigenvalue weighted by molar-refractivity contribution is 0.236. The maximum absolute atomic E-state index is 5.91. The van der Waals surface area contributed by atoms with Gasteiger partial charge in [0.05, 0.1) is 18.0 Å². The van der Waals surface area contributed by atoms with Crippen LogP contribution in [-0.4, -0.2) is 25.4 Å². The molecule has 126 valence electrons. The number of nitrogens with zero attached hydrogens (tertiary/aromatic N) is 1. The molecule has 0 aromatic heterocycles. The van der Waals surface area contributed by atoms with E-state index in [2.05, 4.69) is 49.5 Å². The molecule has 1 aromatic rings. The number of ether oxygens (including phenoxy) is 1. The topological polar surface area (TPSA) is 33.6 Å². The van der Waals surface area contributed by atoms with E-state index in [0.29, 0.717) is 18.4 Å². The molecule has 0 bridgehead atoms. The van der Waals surface area contributed by atoms with Crippen LogP contribution in [0, 0.1) is 11.8 Å². The number of benzene rings is 1. The summed E-state index contributed by atoms with van der Waals surface area (Å²) in [5, 5.41) is 3.48. The van der Waals surface area contributed by atoms with Crippen LogP contribution in [0.3, 0.4) is 0 Å². The van der Waals surface area contributed by atoms with Crippen LogP contribution in [0.2, 0.25) is 0 Å². The van der Waals surface area contributed by atoms with Crippen molar-refractivity contribution in [2.75, 3.05) is 19.7 Å². The number of aliphatic imine (C=N–C) groups is 1. The number of allylic oxidation sites excluding steroid dienone is 3. The van der Waals surface area contributed by atoms with Gasteiger partial charge in [-0.15, -0.1) is 0 Å². The van der Waals surface area contributed by atoms with Crippen LogP contribution < -0.4 is 5.32 Å². The fraction of sp³-hybridized carbons (Fsp3) is 0.476. The molecule has 1 fully saturated rings. The van der Waals surface area contributed by atoms with Crippen molar-refractivity contribution in [2.24, 2.45) is 16.8 Å². The normalized spacial score (nSPS) is 23.1. The molecule has 1 aliphatic carbocycles. The summed E-state index contributed by atoms with van der Waals surface area (Å²) in [7, 11) is 0. The van der Waals surface area contributed by atoms with E-state index in [9.17, 15) is 0 Å². The fourth-order valence-corrected chi connectivity index (χ4v) is 4.27. The summed E-state index contributed by atoms with van der Waals surface area (Å²) >= 11 is 0. The Morgan fingerprint density at radius 2 is 2.04 bits per heavy atom. The lowest BCUT2D eigenvalue weighted by Gasteiger charge is -2.32. The quantitative estimate of drug-likeness (QED) is 0.898. The van der Waals surface area contributed by atoms with Gasteiger partial charge in [0.2, 0.25) is 0 Å². The molecule has 1 N–H and O–H groups in total. The zero-order chi connectivity index (χ0) is 16.5. The van der Waals surface area contributed by atoms with Gasteiger partial charge < -0.3 is 10.1 Å². The molecule has 1 atom stereocenters. The molecule has 3 aliphatic rings. The largest absolute Gasteiger partial charge is 0.494 e. The van der Waals surface area contributed by atoms with Crippen LogP contribution in [0.15, 0.2) is 41.1 Å². The summed E-state index contributed by atoms with van der Waals surface area (Å²) in [5.41, 5.74) is 6.43. The van der Waals surface area contributed by atoms with Gasteiger partial charge >= 0.3 is 0 Å². The third-order valence-electron chi connectivity index (χ3n) is 5.44. The number of nitrogens with one attached hydrogen (secondary N) is 1. The van der Waals surface area contributed by atoms with Crippen molar-refractivity contribution in [3.63, 3.8) is 0 Å². The molecule has 4 rings (SSSR count). The van der Waals surface area contributed by atoms with Crippen LogP contribution in [0.4, 0.5) is 5.69 Å². The summed E-state index contributed by atoms with van der Waals surface area (Å²) in [6.07, 6.45) is 7.99. The highest BCUT2D eigenvalue weighted by Crippen LogP contribution is 2.45. The Balaban J connectivity index is 1.78.